The summed E-state index contributed by atoms with van der Waals surface area (Å²) in [4.78, 5) is 48.3. The number of imide groups is 1. The molecule has 0 aliphatic carbocycles. The van der Waals surface area contributed by atoms with E-state index < -0.39 is 22.8 Å². The van der Waals surface area contributed by atoms with Gasteiger partial charge in [-0.05, 0) is 42.0 Å². The number of amides is 3. The van der Waals surface area contributed by atoms with Gasteiger partial charge in [-0.25, -0.2) is 9.59 Å². The molecule has 0 saturated carbocycles. The van der Waals surface area contributed by atoms with E-state index in [0.29, 0.717) is 21.9 Å². The Balaban J connectivity index is 1.52. The van der Waals surface area contributed by atoms with Gasteiger partial charge in [0.2, 0.25) is 5.76 Å². The summed E-state index contributed by atoms with van der Waals surface area (Å²) in [7, 11) is 1.20. The third kappa shape index (κ3) is 5.36. The number of furan rings is 1. The zero-order valence-electron chi connectivity index (χ0n) is 18.7. The Kier molecular flexibility index (Phi) is 7.02. The number of nitro benzene ring substituents is 1. The lowest BCUT2D eigenvalue weighted by molar-refractivity contribution is -0.384. The number of nitrogens with zero attached hydrogens (tertiary/aromatic N) is 2. The van der Waals surface area contributed by atoms with Crippen LogP contribution in [-0.4, -0.2) is 34.8 Å². The standard InChI is InChI=1S/C24H18ClN3O8/c1-34-23(30)21-8-6-18(36-21)12-27-22(29)19(26-24(27)31)11-15-10-16(25)5-7-20(15)35-13-14-3-2-4-17(9-14)28(32)33/h2-11H,12-13H2,1H3,(H,26,31)/b19-11-. The van der Waals surface area contributed by atoms with Gasteiger partial charge in [0.25, 0.3) is 11.6 Å². The molecule has 184 valence electrons. The molecule has 1 N–H and O–H groups in total. The van der Waals surface area contributed by atoms with Crippen LogP contribution in [-0.2, 0) is 22.7 Å². The lowest BCUT2D eigenvalue weighted by Crippen LogP contribution is -2.30. The first-order valence-corrected chi connectivity index (χ1v) is 10.8. The van der Waals surface area contributed by atoms with Crippen molar-refractivity contribution in [3.8, 4) is 5.75 Å². The molecule has 2 heterocycles. The summed E-state index contributed by atoms with van der Waals surface area (Å²) in [5, 5.41) is 13.9. The minimum absolute atomic E-state index is 0.0208. The van der Waals surface area contributed by atoms with Crippen LogP contribution >= 0.6 is 11.6 Å². The van der Waals surface area contributed by atoms with E-state index in [1.807, 2.05) is 0 Å². The molecule has 1 fully saturated rings. The van der Waals surface area contributed by atoms with Gasteiger partial charge in [0.1, 0.15) is 23.8 Å². The number of nitro groups is 1. The second-order valence-electron chi connectivity index (χ2n) is 7.53. The number of methoxy groups -OCH3 is 1. The van der Waals surface area contributed by atoms with Crippen molar-refractivity contribution in [3.05, 3.63) is 98.1 Å². The average Bonchev–Trinajstić information content (AvgIpc) is 3.43. The van der Waals surface area contributed by atoms with E-state index in [9.17, 15) is 24.5 Å². The zero-order chi connectivity index (χ0) is 25.8. The molecule has 12 heteroatoms. The largest absolute Gasteiger partial charge is 0.488 e. The van der Waals surface area contributed by atoms with E-state index in [1.165, 1.54) is 37.5 Å². The number of benzene rings is 2. The van der Waals surface area contributed by atoms with Crippen molar-refractivity contribution >= 4 is 41.3 Å². The number of carbonyl (C=O) groups excluding carboxylic acids is 3. The number of urea groups is 1. The predicted octanol–water partition coefficient (Wildman–Crippen LogP) is 4.30. The topological polar surface area (TPSA) is 141 Å². The molecule has 11 nitrogen and oxygen atoms in total. The van der Waals surface area contributed by atoms with Crippen LogP contribution in [0.1, 0.15) is 27.4 Å². The maximum Gasteiger partial charge on any atom is 0.373 e. The molecular weight excluding hydrogens is 494 g/mol. The molecule has 36 heavy (non-hydrogen) atoms. The first-order valence-electron chi connectivity index (χ1n) is 10.4. The molecule has 1 saturated heterocycles. The van der Waals surface area contributed by atoms with E-state index in [4.69, 9.17) is 20.8 Å². The fourth-order valence-electron chi connectivity index (χ4n) is 3.38. The molecule has 0 unspecified atom stereocenters. The number of rotatable bonds is 8. The molecule has 3 aromatic rings. The third-order valence-electron chi connectivity index (χ3n) is 5.11. The zero-order valence-corrected chi connectivity index (χ0v) is 19.5. The van der Waals surface area contributed by atoms with Crippen molar-refractivity contribution in [3.63, 3.8) is 0 Å². The first-order chi connectivity index (χ1) is 17.2. The van der Waals surface area contributed by atoms with Crippen LogP contribution in [0.25, 0.3) is 6.08 Å². The molecule has 4 rings (SSSR count). The number of non-ortho nitro benzene ring substituents is 1. The van der Waals surface area contributed by atoms with Gasteiger partial charge in [0.05, 0.1) is 18.6 Å². The number of esters is 1. The van der Waals surface area contributed by atoms with Gasteiger partial charge in [-0.2, -0.15) is 0 Å². The van der Waals surface area contributed by atoms with Crippen molar-refractivity contribution in [1.29, 1.82) is 0 Å². The van der Waals surface area contributed by atoms with Gasteiger partial charge in [0.15, 0.2) is 0 Å². The minimum Gasteiger partial charge on any atom is -0.488 e. The van der Waals surface area contributed by atoms with E-state index in [-0.39, 0.29) is 36.1 Å². The van der Waals surface area contributed by atoms with E-state index in [1.54, 1.807) is 30.3 Å². The number of ether oxygens (including phenoxy) is 2. The second-order valence-corrected chi connectivity index (χ2v) is 7.97. The van der Waals surface area contributed by atoms with Crippen molar-refractivity contribution in [1.82, 2.24) is 10.2 Å². The Bertz CT molecular complexity index is 1400. The van der Waals surface area contributed by atoms with Crippen molar-refractivity contribution < 1.29 is 33.2 Å². The number of halogens is 1. The number of carbonyl (C=O) groups is 3. The van der Waals surface area contributed by atoms with Crippen LogP contribution in [0, 0.1) is 10.1 Å². The second kappa shape index (κ2) is 10.3. The molecule has 3 amide bonds. The van der Waals surface area contributed by atoms with Crippen molar-refractivity contribution in [2.75, 3.05) is 7.11 Å². The van der Waals surface area contributed by atoms with Crippen LogP contribution in [0.4, 0.5) is 10.5 Å². The molecule has 0 bridgehead atoms. The van der Waals surface area contributed by atoms with Crippen LogP contribution in [0.15, 0.2) is 64.7 Å². The highest BCUT2D eigenvalue weighted by Crippen LogP contribution is 2.28. The fourth-order valence-corrected chi connectivity index (χ4v) is 3.56. The Hall–Kier alpha value is -4.64. The first kappa shape index (κ1) is 24.5. The number of hydrogen-bond acceptors (Lipinski definition) is 8. The van der Waals surface area contributed by atoms with E-state index in [0.717, 1.165) is 4.90 Å². The monoisotopic (exact) mass is 511 g/mol. The molecule has 0 radical (unpaired) electrons. The Labute approximate surface area is 209 Å². The lowest BCUT2D eigenvalue weighted by atomic mass is 10.1. The summed E-state index contributed by atoms with van der Waals surface area (Å²) in [5.41, 5.74) is 0.884. The summed E-state index contributed by atoms with van der Waals surface area (Å²) in [6.07, 6.45) is 1.41. The number of nitrogens with one attached hydrogen (secondary N) is 1. The van der Waals surface area contributed by atoms with Crippen LogP contribution in [0.5, 0.6) is 5.75 Å². The molecule has 2 aromatic carbocycles. The Morgan fingerprint density at radius 3 is 2.75 bits per heavy atom. The average molecular weight is 512 g/mol. The van der Waals surface area contributed by atoms with Crippen LogP contribution in [0.3, 0.4) is 0 Å². The highest BCUT2D eigenvalue weighted by Gasteiger charge is 2.34. The maximum absolute atomic E-state index is 12.9. The van der Waals surface area contributed by atoms with E-state index >= 15 is 0 Å². The molecule has 0 atom stereocenters. The van der Waals surface area contributed by atoms with Gasteiger partial charge in [-0.1, -0.05) is 23.7 Å². The molecule has 1 aromatic heterocycles. The molecule has 0 spiro atoms. The third-order valence-corrected chi connectivity index (χ3v) is 5.35. The summed E-state index contributed by atoms with van der Waals surface area (Å²) in [5.74, 6) is -0.811. The SMILES string of the molecule is COC(=O)c1ccc(CN2C(=O)N/C(=C\c3cc(Cl)ccc3OCc3cccc([N+](=O)[O-])c3)C2=O)o1. The van der Waals surface area contributed by atoms with Gasteiger partial charge in [0, 0.05) is 22.7 Å². The minimum atomic E-state index is -0.683. The molecule has 1 aliphatic rings. The van der Waals surface area contributed by atoms with Gasteiger partial charge in [-0.15, -0.1) is 0 Å². The van der Waals surface area contributed by atoms with Gasteiger partial charge in [-0.3, -0.25) is 19.8 Å². The van der Waals surface area contributed by atoms with Crippen LogP contribution < -0.4 is 10.1 Å². The normalized spacial score (nSPS) is 14.2. The maximum atomic E-state index is 12.9. The Morgan fingerprint density at radius 2 is 2.00 bits per heavy atom. The fraction of sp³-hybridized carbons (Fsp3) is 0.125. The van der Waals surface area contributed by atoms with E-state index in [2.05, 4.69) is 10.1 Å². The summed E-state index contributed by atoms with van der Waals surface area (Å²) in [6.45, 7) is -0.183. The lowest BCUT2D eigenvalue weighted by Gasteiger charge is -2.11. The predicted molar refractivity (Wildman–Crippen MR) is 126 cm³/mol. The van der Waals surface area contributed by atoms with Gasteiger partial charge >= 0.3 is 12.0 Å². The van der Waals surface area contributed by atoms with Gasteiger partial charge < -0.3 is 19.2 Å². The summed E-state index contributed by atoms with van der Waals surface area (Å²) in [6, 6.07) is 12.9. The van der Waals surface area contributed by atoms with Crippen molar-refractivity contribution in [2.24, 2.45) is 0 Å². The smallest absolute Gasteiger partial charge is 0.373 e. The molecular formula is C24H18ClN3O8. The summed E-state index contributed by atoms with van der Waals surface area (Å²) < 4.78 is 15.7. The Morgan fingerprint density at radius 1 is 1.19 bits per heavy atom. The highest BCUT2D eigenvalue weighted by atomic mass is 35.5. The van der Waals surface area contributed by atoms with Crippen LogP contribution in [0.2, 0.25) is 5.02 Å². The quantitative estimate of drug-likeness (QED) is 0.155. The summed E-state index contributed by atoms with van der Waals surface area (Å²) >= 11 is 6.12. The number of hydrogen-bond donors (Lipinski definition) is 1. The molecule has 1 aliphatic heterocycles. The highest BCUT2D eigenvalue weighted by molar-refractivity contribution is 6.30. The van der Waals surface area contributed by atoms with Crippen molar-refractivity contribution in [2.45, 2.75) is 13.2 Å².